The second-order valence-corrected chi connectivity index (χ2v) is 7.27. The van der Waals surface area contributed by atoms with Gasteiger partial charge in [-0.1, -0.05) is 5.10 Å². The fraction of sp³-hybridized carbons (Fsp3) is 0.364. The summed E-state index contributed by atoms with van der Waals surface area (Å²) in [4.78, 5) is 18.0. The lowest BCUT2D eigenvalue weighted by atomic mass is 10.2. The first-order valence-corrected chi connectivity index (χ1v) is 10.5. The Hall–Kier alpha value is -3.82. The molecule has 0 spiro atoms. The molecular formula is C22H26N6O4. The predicted octanol–water partition coefficient (Wildman–Crippen LogP) is 3.32. The molecule has 2 N–H and O–H groups in total. The number of benzene rings is 1. The number of methoxy groups -OCH3 is 2. The molecule has 1 amide bonds. The van der Waals surface area contributed by atoms with Gasteiger partial charge in [0.2, 0.25) is 5.91 Å². The molecule has 0 radical (unpaired) electrons. The number of nitrogens with one attached hydrogen (secondary N) is 2. The number of nitrogens with zero attached hydrogens (tertiary/aromatic N) is 4. The van der Waals surface area contributed by atoms with E-state index < -0.39 is 0 Å². The fourth-order valence-corrected chi connectivity index (χ4v) is 3.56. The van der Waals surface area contributed by atoms with Crippen LogP contribution in [-0.4, -0.2) is 59.8 Å². The SMILES string of the molecule is COc1ccc(Nc2nnc(-c3cccnc3NCCCN3CCCC3=O)o2)cc1OC. The summed E-state index contributed by atoms with van der Waals surface area (Å²) < 4.78 is 16.4. The van der Waals surface area contributed by atoms with Crippen molar-refractivity contribution in [1.29, 1.82) is 0 Å². The van der Waals surface area contributed by atoms with Crippen LogP contribution in [0.2, 0.25) is 0 Å². The van der Waals surface area contributed by atoms with E-state index in [1.54, 1.807) is 32.5 Å². The monoisotopic (exact) mass is 438 g/mol. The van der Waals surface area contributed by atoms with Gasteiger partial charge in [0.05, 0.1) is 19.8 Å². The Bertz CT molecular complexity index is 1070. The Morgan fingerprint density at radius 2 is 2.03 bits per heavy atom. The van der Waals surface area contributed by atoms with E-state index in [4.69, 9.17) is 13.9 Å². The maximum absolute atomic E-state index is 11.7. The number of likely N-dealkylation sites (tertiary alicyclic amines) is 1. The van der Waals surface area contributed by atoms with Crippen molar-refractivity contribution < 1.29 is 18.7 Å². The van der Waals surface area contributed by atoms with Crippen LogP contribution in [0, 0.1) is 0 Å². The minimum atomic E-state index is 0.240. The summed E-state index contributed by atoms with van der Waals surface area (Å²) in [6, 6.07) is 9.33. The van der Waals surface area contributed by atoms with E-state index in [0.29, 0.717) is 41.7 Å². The number of ether oxygens (including phenoxy) is 2. The molecule has 3 heterocycles. The second kappa shape index (κ2) is 9.99. The molecule has 0 bridgehead atoms. The van der Waals surface area contributed by atoms with Crippen LogP contribution in [0.5, 0.6) is 11.5 Å². The second-order valence-electron chi connectivity index (χ2n) is 7.27. The maximum Gasteiger partial charge on any atom is 0.320 e. The standard InChI is InChI=1S/C22H26N6O4/c1-30-17-9-8-15(14-18(17)31-2)25-22-27-26-21(32-22)16-6-3-10-23-20(16)24-11-5-13-28-12-4-7-19(28)29/h3,6,8-10,14H,4-5,7,11-13H2,1-2H3,(H,23,24)(H,25,27). The summed E-state index contributed by atoms with van der Waals surface area (Å²) in [5.74, 6) is 2.46. The number of carbonyl (C=O) groups excluding carboxylic acids is 1. The smallest absolute Gasteiger partial charge is 0.320 e. The summed E-state index contributed by atoms with van der Waals surface area (Å²) >= 11 is 0. The number of hydrogen-bond acceptors (Lipinski definition) is 9. The third-order valence-corrected chi connectivity index (χ3v) is 5.17. The molecule has 3 aromatic rings. The summed E-state index contributed by atoms with van der Waals surface area (Å²) in [5, 5.41) is 14.6. The summed E-state index contributed by atoms with van der Waals surface area (Å²) in [5.41, 5.74) is 1.43. The van der Waals surface area contributed by atoms with E-state index in [1.165, 1.54) is 0 Å². The van der Waals surface area contributed by atoms with E-state index in [1.807, 2.05) is 23.1 Å². The third-order valence-electron chi connectivity index (χ3n) is 5.17. The molecule has 2 aromatic heterocycles. The van der Waals surface area contributed by atoms with Gasteiger partial charge in [-0.25, -0.2) is 4.98 Å². The van der Waals surface area contributed by atoms with Gasteiger partial charge in [0, 0.05) is 44.0 Å². The van der Waals surface area contributed by atoms with E-state index in [-0.39, 0.29) is 11.9 Å². The van der Waals surface area contributed by atoms with Gasteiger partial charge in [-0.3, -0.25) is 4.79 Å². The number of aromatic nitrogens is 3. The number of pyridine rings is 1. The Kier molecular flexibility index (Phi) is 6.69. The molecule has 0 aliphatic carbocycles. The number of hydrogen-bond donors (Lipinski definition) is 2. The van der Waals surface area contributed by atoms with Gasteiger partial charge in [-0.15, -0.1) is 5.10 Å². The fourth-order valence-electron chi connectivity index (χ4n) is 3.56. The number of rotatable bonds is 10. The Morgan fingerprint density at radius 3 is 2.81 bits per heavy atom. The summed E-state index contributed by atoms with van der Waals surface area (Å²) in [7, 11) is 3.16. The molecule has 168 valence electrons. The lowest BCUT2D eigenvalue weighted by Gasteiger charge is -2.15. The maximum atomic E-state index is 11.7. The van der Waals surface area contributed by atoms with E-state index in [9.17, 15) is 4.79 Å². The molecule has 1 saturated heterocycles. The van der Waals surface area contributed by atoms with Gasteiger partial charge in [0.1, 0.15) is 5.82 Å². The largest absolute Gasteiger partial charge is 0.493 e. The van der Waals surface area contributed by atoms with E-state index >= 15 is 0 Å². The van der Waals surface area contributed by atoms with Crippen molar-refractivity contribution in [2.75, 3.05) is 44.5 Å². The first-order valence-electron chi connectivity index (χ1n) is 10.5. The third kappa shape index (κ3) is 4.90. The highest BCUT2D eigenvalue weighted by atomic mass is 16.5. The van der Waals surface area contributed by atoms with Crippen molar-refractivity contribution in [2.24, 2.45) is 0 Å². The Labute approximate surface area is 185 Å². The van der Waals surface area contributed by atoms with E-state index in [0.717, 1.165) is 31.6 Å². The molecule has 1 aliphatic heterocycles. The molecule has 4 rings (SSSR count). The van der Waals surface area contributed by atoms with Crippen molar-refractivity contribution in [2.45, 2.75) is 19.3 Å². The number of anilines is 3. The highest BCUT2D eigenvalue weighted by Gasteiger charge is 2.19. The topological polar surface area (TPSA) is 115 Å². The zero-order valence-electron chi connectivity index (χ0n) is 18.1. The van der Waals surface area contributed by atoms with Crippen LogP contribution in [0.3, 0.4) is 0 Å². The quantitative estimate of drug-likeness (QED) is 0.460. The van der Waals surface area contributed by atoms with Crippen LogP contribution in [0.1, 0.15) is 19.3 Å². The van der Waals surface area contributed by atoms with Crippen molar-refractivity contribution in [3.63, 3.8) is 0 Å². The average molecular weight is 438 g/mol. The Balaban J connectivity index is 1.40. The predicted molar refractivity (Wildman–Crippen MR) is 119 cm³/mol. The van der Waals surface area contributed by atoms with Crippen molar-refractivity contribution in [1.82, 2.24) is 20.1 Å². The molecule has 32 heavy (non-hydrogen) atoms. The summed E-state index contributed by atoms with van der Waals surface area (Å²) in [6.45, 7) is 2.28. The zero-order chi connectivity index (χ0) is 22.3. The van der Waals surface area contributed by atoms with Crippen LogP contribution < -0.4 is 20.1 Å². The van der Waals surface area contributed by atoms with E-state index in [2.05, 4.69) is 25.8 Å². The minimum Gasteiger partial charge on any atom is -0.493 e. The lowest BCUT2D eigenvalue weighted by Crippen LogP contribution is -2.27. The first-order chi connectivity index (χ1) is 15.7. The molecule has 10 nitrogen and oxygen atoms in total. The first kappa shape index (κ1) is 21.4. The number of carbonyl (C=O) groups is 1. The minimum absolute atomic E-state index is 0.240. The van der Waals surface area contributed by atoms with Gasteiger partial charge < -0.3 is 29.4 Å². The van der Waals surface area contributed by atoms with Crippen molar-refractivity contribution in [3.8, 4) is 23.0 Å². The average Bonchev–Trinajstić information content (AvgIpc) is 3.45. The van der Waals surface area contributed by atoms with Crippen LogP contribution in [0.25, 0.3) is 11.5 Å². The molecule has 0 atom stereocenters. The van der Waals surface area contributed by atoms with Crippen LogP contribution in [0.15, 0.2) is 40.9 Å². The van der Waals surface area contributed by atoms with Crippen molar-refractivity contribution in [3.05, 3.63) is 36.5 Å². The van der Waals surface area contributed by atoms with Crippen LogP contribution in [0.4, 0.5) is 17.5 Å². The molecule has 0 unspecified atom stereocenters. The van der Waals surface area contributed by atoms with Gasteiger partial charge >= 0.3 is 6.01 Å². The highest BCUT2D eigenvalue weighted by Crippen LogP contribution is 2.32. The van der Waals surface area contributed by atoms with Gasteiger partial charge in [-0.05, 0) is 37.1 Å². The molecule has 1 aliphatic rings. The molecule has 1 fully saturated rings. The molecule has 10 heteroatoms. The Morgan fingerprint density at radius 1 is 1.16 bits per heavy atom. The summed E-state index contributed by atoms with van der Waals surface area (Å²) in [6.07, 6.45) is 4.15. The van der Waals surface area contributed by atoms with Gasteiger partial charge in [0.25, 0.3) is 5.89 Å². The molecular weight excluding hydrogens is 412 g/mol. The van der Waals surface area contributed by atoms with Crippen molar-refractivity contribution >= 4 is 23.4 Å². The molecule has 1 aromatic carbocycles. The molecule has 0 saturated carbocycles. The van der Waals surface area contributed by atoms with Crippen LogP contribution >= 0.6 is 0 Å². The highest BCUT2D eigenvalue weighted by molar-refractivity contribution is 5.78. The van der Waals surface area contributed by atoms with Crippen LogP contribution in [-0.2, 0) is 4.79 Å². The van der Waals surface area contributed by atoms with Gasteiger partial charge in [-0.2, -0.15) is 0 Å². The lowest BCUT2D eigenvalue weighted by molar-refractivity contribution is -0.127. The number of amides is 1. The zero-order valence-corrected chi connectivity index (χ0v) is 18.1. The van der Waals surface area contributed by atoms with Gasteiger partial charge in [0.15, 0.2) is 11.5 Å². The normalized spacial score (nSPS) is 13.3.